The number of carbonyl (C=O) groups excluding carboxylic acids is 1. The van der Waals surface area contributed by atoms with E-state index in [2.05, 4.69) is 4.98 Å². The summed E-state index contributed by atoms with van der Waals surface area (Å²) in [6.07, 6.45) is -2.48. The number of amides is 1. The van der Waals surface area contributed by atoms with E-state index in [1.807, 2.05) is 13.8 Å². The van der Waals surface area contributed by atoms with Crippen molar-refractivity contribution in [1.82, 2.24) is 14.5 Å². The molecular weight excluding hydrogens is 367 g/mol. The molecule has 0 saturated carbocycles. The summed E-state index contributed by atoms with van der Waals surface area (Å²) in [4.78, 5) is 32.1. The number of nitrogens with zero attached hydrogens (tertiary/aromatic N) is 3. The highest BCUT2D eigenvalue weighted by atomic mass is 32.1. The Kier molecular flexibility index (Phi) is 5.09. The lowest BCUT2D eigenvalue weighted by Crippen LogP contribution is -2.44. The standard InChI is InChI=1S/C17H20F3N3O2S/c1-10-11(2)26-15-14(10)16(25)23(9-21-15)7-5-13(24)22-6-3-4-12(8-22)17(18,19)20/h9,12H,3-8H2,1-2H3. The molecule has 0 aromatic carbocycles. The third-order valence-electron chi connectivity index (χ3n) is 4.96. The molecule has 3 rings (SSSR count). The van der Waals surface area contributed by atoms with Crippen LogP contribution in [0, 0.1) is 19.8 Å². The fraction of sp³-hybridized carbons (Fsp3) is 0.588. The summed E-state index contributed by atoms with van der Waals surface area (Å²) < 4.78 is 40.0. The number of thiophene rings is 1. The van der Waals surface area contributed by atoms with Gasteiger partial charge in [-0.05, 0) is 32.3 Å². The van der Waals surface area contributed by atoms with Gasteiger partial charge in [0.25, 0.3) is 5.56 Å². The Morgan fingerprint density at radius 3 is 2.81 bits per heavy atom. The third kappa shape index (κ3) is 3.62. The molecule has 9 heteroatoms. The highest BCUT2D eigenvalue weighted by molar-refractivity contribution is 7.18. The van der Waals surface area contributed by atoms with Gasteiger partial charge in [-0.25, -0.2) is 4.98 Å². The zero-order valence-electron chi connectivity index (χ0n) is 14.6. The summed E-state index contributed by atoms with van der Waals surface area (Å²) in [5.41, 5.74) is 0.670. The predicted octanol–water partition coefficient (Wildman–Crippen LogP) is 3.27. The Balaban J connectivity index is 1.70. The summed E-state index contributed by atoms with van der Waals surface area (Å²) in [6, 6.07) is 0. The van der Waals surface area contributed by atoms with E-state index in [1.54, 1.807) is 0 Å². The van der Waals surface area contributed by atoms with Gasteiger partial charge in [-0.1, -0.05) is 0 Å². The number of carbonyl (C=O) groups is 1. The molecular formula is C17H20F3N3O2S. The van der Waals surface area contributed by atoms with Gasteiger partial charge in [0, 0.05) is 30.9 Å². The molecule has 26 heavy (non-hydrogen) atoms. The van der Waals surface area contributed by atoms with E-state index in [9.17, 15) is 22.8 Å². The van der Waals surface area contributed by atoms with Crippen LogP contribution in [-0.4, -0.2) is 39.6 Å². The first-order valence-corrected chi connectivity index (χ1v) is 9.29. The quantitative estimate of drug-likeness (QED) is 0.812. The molecule has 3 heterocycles. The number of likely N-dealkylation sites (tertiary alicyclic amines) is 1. The molecule has 0 N–H and O–H groups in total. The van der Waals surface area contributed by atoms with Gasteiger partial charge in [0.2, 0.25) is 5.91 Å². The van der Waals surface area contributed by atoms with Crippen LogP contribution in [0.1, 0.15) is 29.7 Å². The fourth-order valence-corrected chi connectivity index (χ4v) is 4.26. The largest absolute Gasteiger partial charge is 0.393 e. The van der Waals surface area contributed by atoms with Crippen LogP contribution in [0.3, 0.4) is 0 Å². The smallest absolute Gasteiger partial charge is 0.342 e. The minimum atomic E-state index is -4.28. The average Bonchev–Trinajstić information content (AvgIpc) is 2.88. The number of halogens is 3. The maximum atomic E-state index is 12.9. The summed E-state index contributed by atoms with van der Waals surface area (Å²) in [5.74, 6) is -1.82. The molecule has 0 spiro atoms. The van der Waals surface area contributed by atoms with Gasteiger partial charge in [0.15, 0.2) is 0 Å². The Morgan fingerprint density at radius 1 is 1.38 bits per heavy atom. The van der Waals surface area contributed by atoms with Crippen LogP contribution in [0.15, 0.2) is 11.1 Å². The highest BCUT2D eigenvalue weighted by Gasteiger charge is 2.42. The van der Waals surface area contributed by atoms with Crippen molar-refractivity contribution in [2.45, 2.75) is 45.8 Å². The molecule has 0 radical (unpaired) electrons. The molecule has 1 fully saturated rings. The first-order chi connectivity index (χ1) is 12.2. The average molecular weight is 387 g/mol. The van der Waals surface area contributed by atoms with E-state index >= 15 is 0 Å². The zero-order valence-corrected chi connectivity index (χ0v) is 15.4. The van der Waals surface area contributed by atoms with E-state index in [4.69, 9.17) is 0 Å². The van der Waals surface area contributed by atoms with Crippen molar-refractivity contribution >= 4 is 27.5 Å². The fourth-order valence-electron chi connectivity index (χ4n) is 3.27. The predicted molar refractivity (Wildman–Crippen MR) is 93.3 cm³/mol. The molecule has 1 aliphatic rings. The van der Waals surface area contributed by atoms with Gasteiger partial charge in [0.1, 0.15) is 4.83 Å². The minimum Gasteiger partial charge on any atom is -0.342 e. The third-order valence-corrected chi connectivity index (χ3v) is 6.07. The Morgan fingerprint density at radius 2 is 2.12 bits per heavy atom. The maximum Gasteiger partial charge on any atom is 0.393 e. The van der Waals surface area contributed by atoms with E-state index in [0.717, 1.165) is 10.4 Å². The van der Waals surface area contributed by atoms with Gasteiger partial charge in [-0.2, -0.15) is 13.2 Å². The van der Waals surface area contributed by atoms with Gasteiger partial charge < -0.3 is 4.90 Å². The van der Waals surface area contributed by atoms with Gasteiger partial charge in [0.05, 0.1) is 17.6 Å². The number of fused-ring (bicyclic) bond motifs is 1. The highest BCUT2D eigenvalue weighted by Crippen LogP contribution is 2.33. The minimum absolute atomic E-state index is 0.0141. The number of piperidine rings is 1. The van der Waals surface area contributed by atoms with Crippen LogP contribution in [-0.2, 0) is 11.3 Å². The molecule has 1 saturated heterocycles. The van der Waals surface area contributed by atoms with Crippen LogP contribution in [0.2, 0.25) is 0 Å². The van der Waals surface area contributed by atoms with Gasteiger partial charge in [-0.15, -0.1) is 11.3 Å². The Labute approximate surface area is 152 Å². The first-order valence-electron chi connectivity index (χ1n) is 8.48. The number of hydrogen-bond acceptors (Lipinski definition) is 4. The van der Waals surface area contributed by atoms with Crippen molar-refractivity contribution in [2.75, 3.05) is 13.1 Å². The molecule has 0 bridgehead atoms. The van der Waals surface area contributed by atoms with Crippen molar-refractivity contribution < 1.29 is 18.0 Å². The monoisotopic (exact) mass is 387 g/mol. The van der Waals surface area contributed by atoms with Crippen molar-refractivity contribution in [3.8, 4) is 0 Å². The molecule has 2 aromatic rings. The van der Waals surface area contributed by atoms with E-state index in [0.29, 0.717) is 23.2 Å². The first kappa shape index (κ1) is 18.9. The second kappa shape index (κ2) is 7.02. The van der Waals surface area contributed by atoms with Crippen LogP contribution >= 0.6 is 11.3 Å². The molecule has 1 unspecified atom stereocenters. The summed E-state index contributed by atoms with van der Waals surface area (Å²) in [5, 5.41) is 0.553. The van der Waals surface area contributed by atoms with Crippen molar-refractivity contribution in [2.24, 2.45) is 5.92 Å². The van der Waals surface area contributed by atoms with Crippen molar-refractivity contribution in [3.05, 3.63) is 27.1 Å². The molecule has 142 valence electrons. The summed E-state index contributed by atoms with van der Waals surface area (Å²) >= 11 is 1.45. The van der Waals surface area contributed by atoms with E-state index < -0.39 is 12.1 Å². The van der Waals surface area contributed by atoms with Crippen molar-refractivity contribution in [1.29, 1.82) is 0 Å². The second-order valence-electron chi connectivity index (χ2n) is 6.68. The summed E-state index contributed by atoms with van der Waals surface area (Å²) in [6.45, 7) is 3.93. The van der Waals surface area contributed by atoms with E-state index in [1.165, 1.54) is 27.1 Å². The maximum absolute atomic E-state index is 12.9. The topological polar surface area (TPSA) is 55.2 Å². The van der Waals surface area contributed by atoms with E-state index in [-0.39, 0.29) is 37.4 Å². The number of hydrogen-bond donors (Lipinski definition) is 0. The second-order valence-corrected chi connectivity index (χ2v) is 7.88. The number of aryl methyl sites for hydroxylation is 3. The van der Waals surface area contributed by atoms with Crippen LogP contribution in [0.5, 0.6) is 0 Å². The lowest BCUT2D eigenvalue weighted by Gasteiger charge is -2.33. The molecule has 5 nitrogen and oxygen atoms in total. The zero-order chi connectivity index (χ0) is 19.1. The molecule has 1 atom stereocenters. The van der Waals surface area contributed by atoms with Gasteiger partial charge in [-0.3, -0.25) is 14.2 Å². The number of alkyl halides is 3. The number of aromatic nitrogens is 2. The van der Waals surface area contributed by atoms with Crippen LogP contribution in [0.4, 0.5) is 13.2 Å². The van der Waals surface area contributed by atoms with Gasteiger partial charge >= 0.3 is 6.18 Å². The Hall–Kier alpha value is -1.90. The molecule has 2 aromatic heterocycles. The lowest BCUT2D eigenvalue weighted by molar-refractivity contribution is -0.188. The molecule has 1 aliphatic heterocycles. The van der Waals surface area contributed by atoms with Crippen LogP contribution in [0.25, 0.3) is 10.2 Å². The Bertz CT molecular complexity index is 888. The normalized spacial score (nSPS) is 18.5. The SMILES string of the molecule is Cc1sc2ncn(CCC(=O)N3CCCC(C(F)(F)F)C3)c(=O)c2c1C. The summed E-state index contributed by atoms with van der Waals surface area (Å²) in [7, 11) is 0. The lowest BCUT2D eigenvalue weighted by atomic mass is 9.97. The van der Waals surface area contributed by atoms with Crippen molar-refractivity contribution in [3.63, 3.8) is 0 Å². The van der Waals surface area contributed by atoms with Crippen LogP contribution < -0.4 is 5.56 Å². The molecule has 0 aliphatic carbocycles. The number of rotatable bonds is 3. The molecule has 1 amide bonds.